The average molecular weight is 502 g/mol. The average Bonchev–Trinajstić information content (AvgIpc) is 2.92. The molecule has 3 atom stereocenters. The second kappa shape index (κ2) is 11.5. The summed E-state index contributed by atoms with van der Waals surface area (Å²) in [6.45, 7) is 6.63. The number of benzene rings is 2. The predicted octanol–water partition coefficient (Wildman–Crippen LogP) is 4.67. The minimum Gasteiger partial charge on any atom is -0.497 e. The molecule has 1 aromatic heterocycles. The van der Waals surface area contributed by atoms with Gasteiger partial charge in [0.05, 0.1) is 14.2 Å². The Morgan fingerprint density at radius 1 is 0.730 bits per heavy atom. The molecule has 0 bridgehead atoms. The molecule has 0 saturated carbocycles. The monoisotopic (exact) mass is 501 g/mol. The number of hydrogen-bond acceptors (Lipinski definition) is 5. The highest BCUT2D eigenvalue weighted by atomic mass is 16.5. The van der Waals surface area contributed by atoms with Crippen LogP contribution in [0.4, 0.5) is 0 Å². The summed E-state index contributed by atoms with van der Waals surface area (Å²) < 4.78 is 10.6. The molecule has 4 rings (SSSR count). The van der Waals surface area contributed by atoms with Gasteiger partial charge in [-0.1, -0.05) is 51.1 Å². The van der Waals surface area contributed by atoms with Gasteiger partial charge in [0.1, 0.15) is 23.6 Å². The molecule has 0 aliphatic carbocycles. The first-order valence-electron chi connectivity index (χ1n) is 12.6. The normalized spacial score (nSPS) is 18.8. The van der Waals surface area contributed by atoms with Gasteiger partial charge >= 0.3 is 0 Å². The summed E-state index contributed by atoms with van der Waals surface area (Å²) in [5.74, 6) is 1.03. The van der Waals surface area contributed by atoms with Crippen molar-refractivity contribution in [2.75, 3.05) is 14.2 Å². The number of carbonyl (C=O) groups excluding carboxylic acids is 2. The zero-order chi connectivity index (χ0) is 26.5. The molecule has 1 fully saturated rings. The molecule has 2 amide bonds. The second-order valence-corrected chi connectivity index (χ2v) is 9.81. The van der Waals surface area contributed by atoms with Crippen molar-refractivity contribution in [1.29, 1.82) is 0 Å². The number of carbonyl (C=O) groups is 2. The molecular formula is C30H35N3O4. The van der Waals surface area contributed by atoms with Crippen molar-refractivity contribution in [3.63, 3.8) is 0 Å². The van der Waals surface area contributed by atoms with Gasteiger partial charge in [-0.3, -0.25) is 14.6 Å². The minimum atomic E-state index is -0.683. The molecule has 1 saturated heterocycles. The van der Waals surface area contributed by atoms with E-state index in [-0.39, 0.29) is 23.7 Å². The summed E-state index contributed by atoms with van der Waals surface area (Å²) in [7, 11) is 3.24. The maximum absolute atomic E-state index is 14.3. The van der Waals surface area contributed by atoms with Crippen LogP contribution in [0.1, 0.15) is 43.5 Å². The Balaban J connectivity index is 1.73. The summed E-state index contributed by atoms with van der Waals surface area (Å²) in [6.07, 6.45) is 1.72. The molecule has 194 valence electrons. The largest absolute Gasteiger partial charge is 0.497 e. The lowest BCUT2D eigenvalue weighted by Gasteiger charge is -2.48. The number of aromatic nitrogens is 1. The van der Waals surface area contributed by atoms with Gasteiger partial charge in [-0.05, 0) is 53.4 Å². The fourth-order valence-corrected chi connectivity index (χ4v) is 5.02. The van der Waals surface area contributed by atoms with E-state index in [9.17, 15) is 9.59 Å². The first-order chi connectivity index (χ1) is 17.8. The van der Waals surface area contributed by atoms with Crippen LogP contribution in [0.25, 0.3) is 0 Å². The van der Waals surface area contributed by atoms with Crippen LogP contribution in [0.2, 0.25) is 0 Å². The van der Waals surface area contributed by atoms with E-state index < -0.39 is 12.1 Å². The van der Waals surface area contributed by atoms with Crippen molar-refractivity contribution in [2.45, 2.75) is 51.9 Å². The summed E-state index contributed by atoms with van der Waals surface area (Å²) >= 11 is 0. The Bertz CT molecular complexity index is 1200. The molecule has 2 heterocycles. The zero-order valence-corrected chi connectivity index (χ0v) is 22.1. The van der Waals surface area contributed by atoms with Gasteiger partial charge < -0.3 is 19.3 Å². The molecule has 0 spiro atoms. The molecule has 3 aromatic rings. The first kappa shape index (κ1) is 26.2. The van der Waals surface area contributed by atoms with Crippen LogP contribution in [-0.4, -0.2) is 52.9 Å². The van der Waals surface area contributed by atoms with Crippen LogP contribution >= 0.6 is 0 Å². The number of methoxy groups -OCH3 is 2. The molecule has 1 aliphatic rings. The van der Waals surface area contributed by atoms with Gasteiger partial charge in [-0.15, -0.1) is 0 Å². The predicted molar refractivity (Wildman–Crippen MR) is 142 cm³/mol. The summed E-state index contributed by atoms with van der Waals surface area (Å²) in [5, 5.41) is 0. The van der Waals surface area contributed by atoms with Gasteiger partial charge in [-0.25, -0.2) is 0 Å². The Hall–Kier alpha value is -3.87. The van der Waals surface area contributed by atoms with Crippen LogP contribution in [0.15, 0.2) is 72.9 Å². The molecule has 0 N–H and O–H groups in total. The summed E-state index contributed by atoms with van der Waals surface area (Å²) in [4.78, 5) is 36.5. The SMILES string of the molecule is COc1ccc(CN2C(=O)[C@@H]([C@@H](C)c3ccccn3)N(Cc3ccc(OC)cc3)C(=O)[C@@H]2C(C)C)cc1. The maximum atomic E-state index is 14.3. The molecule has 0 radical (unpaired) electrons. The Labute approximate surface area is 219 Å². The number of amides is 2. The number of pyridine rings is 1. The molecule has 7 heteroatoms. The van der Waals surface area contributed by atoms with E-state index >= 15 is 0 Å². The Morgan fingerprint density at radius 2 is 1.22 bits per heavy atom. The van der Waals surface area contributed by atoms with E-state index in [2.05, 4.69) is 4.98 Å². The summed E-state index contributed by atoms with van der Waals surface area (Å²) in [6, 6.07) is 19.7. The highest BCUT2D eigenvalue weighted by Crippen LogP contribution is 2.33. The molecule has 2 aromatic carbocycles. The molecule has 1 aliphatic heterocycles. The Morgan fingerprint density at radius 3 is 1.65 bits per heavy atom. The van der Waals surface area contributed by atoms with Crippen LogP contribution in [0.3, 0.4) is 0 Å². The Kier molecular flexibility index (Phi) is 8.11. The smallest absolute Gasteiger partial charge is 0.247 e. The van der Waals surface area contributed by atoms with Crippen LogP contribution in [0.5, 0.6) is 11.5 Å². The fraction of sp³-hybridized carbons (Fsp3) is 0.367. The number of rotatable bonds is 9. The van der Waals surface area contributed by atoms with Crippen molar-refractivity contribution < 1.29 is 19.1 Å². The van der Waals surface area contributed by atoms with Crippen LogP contribution in [0, 0.1) is 5.92 Å². The van der Waals surface area contributed by atoms with Crippen molar-refractivity contribution >= 4 is 11.8 Å². The maximum Gasteiger partial charge on any atom is 0.247 e. The number of ether oxygens (including phenoxy) is 2. The fourth-order valence-electron chi connectivity index (χ4n) is 5.02. The number of piperazine rings is 1. The van der Waals surface area contributed by atoms with E-state index in [0.29, 0.717) is 13.1 Å². The lowest BCUT2D eigenvalue weighted by atomic mass is 9.87. The number of hydrogen-bond donors (Lipinski definition) is 0. The van der Waals surface area contributed by atoms with Gasteiger partial charge in [0, 0.05) is 30.9 Å². The topological polar surface area (TPSA) is 72.0 Å². The third-order valence-electron chi connectivity index (χ3n) is 7.03. The van der Waals surface area contributed by atoms with Gasteiger partial charge in [0.15, 0.2) is 0 Å². The standard InChI is InChI=1S/C30H35N3O4/c1-20(2)27-29(34)33(19-23-11-15-25(37-5)16-12-23)28(21(3)26-8-6-7-17-31-26)30(35)32(27)18-22-9-13-24(36-4)14-10-22/h6-17,20-21,27-28H,18-19H2,1-5H3/t21-,27-,28+/m0/s1. The lowest BCUT2D eigenvalue weighted by Crippen LogP contribution is -2.66. The highest BCUT2D eigenvalue weighted by molar-refractivity contribution is 5.97. The zero-order valence-electron chi connectivity index (χ0n) is 22.1. The van der Waals surface area contributed by atoms with Gasteiger partial charge in [0.25, 0.3) is 0 Å². The van der Waals surface area contributed by atoms with Gasteiger partial charge in [0.2, 0.25) is 11.8 Å². The molecule has 7 nitrogen and oxygen atoms in total. The third kappa shape index (κ3) is 5.61. The van der Waals surface area contributed by atoms with E-state index in [4.69, 9.17) is 9.47 Å². The molecule has 0 unspecified atom stereocenters. The highest BCUT2D eigenvalue weighted by Gasteiger charge is 2.49. The first-order valence-corrected chi connectivity index (χ1v) is 12.6. The third-order valence-corrected chi connectivity index (χ3v) is 7.03. The molecule has 37 heavy (non-hydrogen) atoms. The summed E-state index contributed by atoms with van der Waals surface area (Å²) in [5.41, 5.74) is 2.66. The van der Waals surface area contributed by atoms with E-state index in [1.807, 2.05) is 87.5 Å². The van der Waals surface area contributed by atoms with Crippen molar-refractivity contribution in [2.24, 2.45) is 5.92 Å². The van der Waals surface area contributed by atoms with Crippen LogP contribution < -0.4 is 9.47 Å². The van der Waals surface area contributed by atoms with E-state index in [1.165, 1.54) is 0 Å². The second-order valence-electron chi connectivity index (χ2n) is 9.81. The van der Waals surface area contributed by atoms with E-state index in [0.717, 1.165) is 28.3 Å². The van der Waals surface area contributed by atoms with Gasteiger partial charge in [-0.2, -0.15) is 0 Å². The minimum absolute atomic E-state index is 0.0493. The van der Waals surface area contributed by atoms with Crippen molar-refractivity contribution in [3.05, 3.63) is 89.7 Å². The number of nitrogens with zero attached hydrogens (tertiary/aromatic N) is 3. The van der Waals surface area contributed by atoms with Crippen LogP contribution in [-0.2, 0) is 22.7 Å². The van der Waals surface area contributed by atoms with E-state index in [1.54, 1.807) is 30.2 Å². The quantitative estimate of drug-likeness (QED) is 0.426. The lowest BCUT2D eigenvalue weighted by molar-refractivity contribution is -0.166. The van der Waals surface area contributed by atoms with Crippen molar-refractivity contribution in [3.8, 4) is 11.5 Å². The van der Waals surface area contributed by atoms with Crippen molar-refractivity contribution in [1.82, 2.24) is 14.8 Å². The molecular weight excluding hydrogens is 466 g/mol.